The Balaban J connectivity index is 2.01. The zero-order valence-corrected chi connectivity index (χ0v) is 10.4. The average Bonchev–Trinajstić information content (AvgIpc) is 3.07. The van der Waals surface area contributed by atoms with E-state index in [0.717, 1.165) is 32.5 Å². The van der Waals surface area contributed by atoms with Crippen LogP contribution in [0.4, 0.5) is 0 Å². The van der Waals surface area contributed by atoms with Crippen LogP contribution in [-0.4, -0.2) is 61.5 Å². The predicted molar refractivity (Wildman–Crippen MR) is 64.3 cm³/mol. The summed E-state index contributed by atoms with van der Waals surface area (Å²) in [4.78, 5) is 16.8. The van der Waals surface area contributed by atoms with Crippen LogP contribution in [0.5, 0.6) is 0 Å². The summed E-state index contributed by atoms with van der Waals surface area (Å²) in [6.07, 6.45) is 4.48. The Labute approximate surface area is 98.0 Å². The Morgan fingerprint density at radius 1 is 1.38 bits per heavy atom. The molecule has 1 amide bonds. The van der Waals surface area contributed by atoms with Crippen LogP contribution in [0.2, 0.25) is 0 Å². The lowest BCUT2D eigenvalue weighted by Crippen LogP contribution is -2.46. The van der Waals surface area contributed by atoms with E-state index in [4.69, 9.17) is 0 Å². The summed E-state index contributed by atoms with van der Waals surface area (Å²) in [5.74, 6) is 0.359. The Bertz CT molecular complexity index is 253. The molecule has 1 N–H and O–H groups in total. The molecule has 1 aliphatic carbocycles. The van der Waals surface area contributed by atoms with Crippen LogP contribution in [0, 0.1) is 0 Å². The van der Waals surface area contributed by atoms with Crippen LogP contribution < -0.4 is 5.32 Å². The summed E-state index contributed by atoms with van der Waals surface area (Å²) >= 11 is 0. The number of carbonyl (C=O) groups is 1. The number of hydrogen-bond donors (Lipinski definition) is 1. The van der Waals surface area contributed by atoms with Gasteiger partial charge in [0.2, 0.25) is 5.91 Å². The van der Waals surface area contributed by atoms with E-state index in [0.29, 0.717) is 11.9 Å². The predicted octanol–water partition coefficient (Wildman–Crippen LogP) is 0.291. The van der Waals surface area contributed by atoms with E-state index in [2.05, 4.69) is 22.2 Å². The van der Waals surface area contributed by atoms with Gasteiger partial charge in [-0.15, -0.1) is 0 Å². The SMILES string of the molecule is CNCCC1C(=O)N(C2CC2)CCCN1C. The first kappa shape index (κ1) is 11.9. The van der Waals surface area contributed by atoms with Gasteiger partial charge in [-0.2, -0.15) is 0 Å². The van der Waals surface area contributed by atoms with Crippen molar-refractivity contribution in [3.63, 3.8) is 0 Å². The molecule has 92 valence electrons. The van der Waals surface area contributed by atoms with Gasteiger partial charge in [0.15, 0.2) is 0 Å². The normalized spacial score (nSPS) is 28.2. The third-order valence-electron chi connectivity index (χ3n) is 3.67. The summed E-state index contributed by atoms with van der Waals surface area (Å²) in [5, 5.41) is 3.14. The Morgan fingerprint density at radius 2 is 2.12 bits per heavy atom. The first-order chi connectivity index (χ1) is 7.74. The number of amides is 1. The Morgan fingerprint density at radius 3 is 2.75 bits per heavy atom. The van der Waals surface area contributed by atoms with Crippen molar-refractivity contribution in [1.82, 2.24) is 15.1 Å². The molecule has 1 aliphatic heterocycles. The number of rotatable bonds is 4. The van der Waals surface area contributed by atoms with Crippen LogP contribution >= 0.6 is 0 Å². The van der Waals surface area contributed by atoms with Gasteiger partial charge in [0.25, 0.3) is 0 Å². The summed E-state index contributed by atoms with van der Waals surface area (Å²) in [6.45, 7) is 2.92. The number of carbonyl (C=O) groups excluding carboxylic acids is 1. The van der Waals surface area contributed by atoms with Gasteiger partial charge in [-0.1, -0.05) is 0 Å². The molecule has 2 fully saturated rings. The molecule has 16 heavy (non-hydrogen) atoms. The molecule has 1 saturated carbocycles. The van der Waals surface area contributed by atoms with E-state index in [-0.39, 0.29) is 6.04 Å². The standard InChI is InChI=1S/C12H23N3O/c1-13-7-6-11-12(16)15(10-4-5-10)9-3-8-14(11)2/h10-11,13H,3-9H2,1-2H3. The number of likely N-dealkylation sites (N-methyl/N-ethyl adjacent to an activating group) is 1. The maximum atomic E-state index is 12.4. The quantitative estimate of drug-likeness (QED) is 0.747. The van der Waals surface area contributed by atoms with Gasteiger partial charge in [0.05, 0.1) is 6.04 Å². The van der Waals surface area contributed by atoms with Gasteiger partial charge in [-0.05, 0) is 46.3 Å². The van der Waals surface area contributed by atoms with Crippen LogP contribution in [0.3, 0.4) is 0 Å². The molecular formula is C12H23N3O. The van der Waals surface area contributed by atoms with E-state index >= 15 is 0 Å². The maximum absolute atomic E-state index is 12.4. The first-order valence-corrected chi connectivity index (χ1v) is 6.39. The van der Waals surface area contributed by atoms with Crippen LogP contribution in [0.25, 0.3) is 0 Å². The molecule has 1 atom stereocenters. The van der Waals surface area contributed by atoms with Crippen LogP contribution in [-0.2, 0) is 4.79 Å². The van der Waals surface area contributed by atoms with Crippen LogP contribution in [0.15, 0.2) is 0 Å². The molecule has 1 saturated heterocycles. The molecule has 4 heteroatoms. The second kappa shape index (κ2) is 5.15. The van der Waals surface area contributed by atoms with Crippen molar-refractivity contribution in [2.24, 2.45) is 0 Å². The van der Waals surface area contributed by atoms with Crippen molar-refractivity contribution < 1.29 is 4.79 Å². The van der Waals surface area contributed by atoms with Gasteiger partial charge in [0.1, 0.15) is 0 Å². The summed E-state index contributed by atoms with van der Waals surface area (Å²) in [5.41, 5.74) is 0. The maximum Gasteiger partial charge on any atom is 0.240 e. The summed E-state index contributed by atoms with van der Waals surface area (Å²) in [7, 11) is 4.02. The van der Waals surface area contributed by atoms with Crippen LogP contribution in [0.1, 0.15) is 25.7 Å². The van der Waals surface area contributed by atoms with Crippen molar-refractivity contribution in [3.8, 4) is 0 Å². The molecule has 0 spiro atoms. The monoisotopic (exact) mass is 225 g/mol. The van der Waals surface area contributed by atoms with Crippen molar-refractivity contribution in [2.75, 3.05) is 33.7 Å². The molecule has 0 radical (unpaired) electrons. The fourth-order valence-electron chi connectivity index (χ4n) is 2.51. The zero-order chi connectivity index (χ0) is 11.5. The van der Waals surface area contributed by atoms with Crippen molar-refractivity contribution in [3.05, 3.63) is 0 Å². The highest BCUT2D eigenvalue weighted by molar-refractivity contribution is 5.82. The van der Waals surface area contributed by atoms with E-state index in [9.17, 15) is 4.79 Å². The smallest absolute Gasteiger partial charge is 0.240 e. The zero-order valence-electron chi connectivity index (χ0n) is 10.4. The molecule has 0 aromatic heterocycles. The minimum Gasteiger partial charge on any atom is -0.338 e. The third kappa shape index (κ3) is 2.55. The van der Waals surface area contributed by atoms with Gasteiger partial charge in [-0.3, -0.25) is 9.69 Å². The molecule has 0 aromatic carbocycles. The molecule has 0 bridgehead atoms. The van der Waals surface area contributed by atoms with Crippen molar-refractivity contribution in [2.45, 2.75) is 37.8 Å². The minimum atomic E-state index is 0.0931. The first-order valence-electron chi connectivity index (χ1n) is 6.39. The molecule has 1 unspecified atom stereocenters. The lowest BCUT2D eigenvalue weighted by molar-refractivity contribution is -0.135. The molecule has 1 heterocycles. The fraction of sp³-hybridized carbons (Fsp3) is 0.917. The van der Waals surface area contributed by atoms with E-state index in [1.807, 2.05) is 7.05 Å². The minimum absolute atomic E-state index is 0.0931. The summed E-state index contributed by atoms with van der Waals surface area (Å²) in [6, 6.07) is 0.659. The second-order valence-electron chi connectivity index (χ2n) is 5.00. The molecule has 4 nitrogen and oxygen atoms in total. The number of nitrogens with one attached hydrogen (secondary N) is 1. The van der Waals surface area contributed by atoms with E-state index in [1.54, 1.807) is 0 Å². The highest BCUT2D eigenvalue weighted by Crippen LogP contribution is 2.29. The Hall–Kier alpha value is -0.610. The van der Waals surface area contributed by atoms with E-state index < -0.39 is 0 Å². The molecule has 2 aliphatic rings. The molecule has 0 aromatic rings. The fourth-order valence-corrected chi connectivity index (χ4v) is 2.51. The lowest BCUT2D eigenvalue weighted by atomic mass is 10.1. The third-order valence-corrected chi connectivity index (χ3v) is 3.67. The Kier molecular flexibility index (Phi) is 3.82. The highest BCUT2D eigenvalue weighted by atomic mass is 16.2. The second-order valence-corrected chi connectivity index (χ2v) is 5.00. The number of hydrogen-bond acceptors (Lipinski definition) is 3. The van der Waals surface area contributed by atoms with Crippen molar-refractivity contribution >= 4 is 5.91 Å². The summed E-state index contributed by atoms with van der Waals surface area (Å²) < 4.78 is 0. The number of nitrogens with zero attached hydrogens (tertiary/aromatic N) is 2. The molecule has 2 rings (SSSR count). The topological polar surface area (TPSA) is 35.6 Å². The van der Waals surface area contributed by atoms with Gasteiger partial charge < -0.3 is 10.2 Å². The van der Waals surface area contributed by atoms with Gasteiger partial charge in [-0.25, -0.2) is 0 Å². The lowest BCUT2D eigenvalue weighted by Gasteiger charge is -2.28. The average molecular weight is 225 g/mol. The largest absolute Gasteiger partial charge is 0.338 e. The highest BCUT2D eigenvalue weighted by Gasteiger charge is 2.38. The molecular weight excluding hydrogens is 202 g/mol. The van der Waals surface area contributed by atoms with Gasteiger partial charge >= 0.3 is 0 Å². The van der Waals surface area contributed by atoms with Gasteiger partial charge in [0, 0.05) is 19.1 Å². The van der Waals surface area contributed by atoms with E-state index in [1.165, 1.54) is 12.8 Å². The van der Waals surface area contributed by atoms with Crippen molar-refractivity contribution in [1.29, 1.82) is 0 Å².